The minimum absolute atomic E-state index is 0.286. The van der Waals surface area contributed by atoms with Gasteiger partial charge in [-0.15, -0.1) is 0 Å². The Morgan fingerprint density at radius 3 is 1.72 bits per heavy atom. The van der Waals surface area contributed by atoms with Crippen molar-refractivity contribution in [3.8, 4) is 23.0 Å². The first-order valence-corrected chi connectivity index (χ1v) is 9.66. The van der Waals surface area contributed by atoms with Crippen LogP contribution in [0.4, 0.5) is 11.4 Å². The highest BCUT2D eigenvalue weighted by molar-refractivity contribution is 6.08. The molecule has 0 fully saturated rings. The molecular weight excluding hydrogens is 412 g/mol. The molecule has 8 nitrogen and oxygen atoms in total. The van der Waals surface area contributed by atoms with Crippen molar-refractivity contribution in [1.29, 1.82) is 0 Å². The smallest absolute Gasteiger partial charge is 0.259 e. The second-order valence-corrected chi connectivity index (χ2v) is 6.59. The van der Waals surface area contributed by atoms with E-state index in [0.717, 1.165) is 0 Å². The van der Waals surface area contributed by atoms with Crippen LogP contribution < -0.4 is 29.6 Å². The number of rotatable bonds is 8. The molecule has 0 radical (unpaired) electrons. The van der Waals surface area contributed by atoms with Crippen LogP contribution in [0.5, 0.6) is 23.0 Å². The summed E-state index contributed by atoms with van der Waals surface area (Å²) in [5.74, 6) is 0.860. The zero-order valence-electron chi connectivity index (χ0n) is 18.2. The highest BCUT2D eigenvalue weighted by Gasteiger charge is 2.19. The van der Waals surface area contributed by atoms with Gasteiger partial charge in [0.1, 0.15) is 23.0 Å². The van der Waals surface area contributed by atoms with E-state index >= 15 is 0 Å². The van der Waals surface area contributed by atoms with Gasteiger partial charge in [-0.1, -0.05) is 18.2 Å². The van der Waals surface area contributed by atoms with E-state index in [-0.39, 0.29) is 11.5 Å². The lowest BCUT2D eigenvalue weighted by Crippen LogP contribution is -2.15. The van der Waals surface area contributed by atoms with E-state index in [4.69, 9.17) is 18.9 Å². The normalized spacial score (nSPS) is 10.1. The summed E-state index contributed by atoms with van der Waals surface area (Å²) in [6, 6.07) is 16.9. The maximum Gasteiger partial charge on any atom is 0.259 e. The molecule has 3 aromatic carbocycles. The molecule has 0 aromatic heterocycles. The fraction of sp³-hybridized carbons (Fsp3) is 0.167. The highest BCUT2D eigenvalue weighted by Crippen LogP contribution is 2.37. The van der Waals surface area contributed by atoms with Crippen LogP contribution in [0.15, 0.2) is 60.7 Å². The summed E-state index contributed by atoms with van der Waals surface area (Å²) in [6.45, 7) is 0. The first-order chi connectivity index (χ1) is 15.5. The molecule has 0 heterocycles. The Kier molecular flexibility index (Phi) is 7.17. The summed E-state index contributed by atoms with van der Waals surface area (Å²) in [4.78, 5) is 25.5. The Morgan fingerprint density at radius 2 is 1.19 bits per heavy atom. The van der Waals surface area contributed by atoms with Crippen molar-refractivity contribution in [1.82, 2.24) is 0 Å². The third-order valence-corrected chi connectivity index (χ3v) is 4.71. The van der Waals surface area contributed by atoms with Gasteiger partial charge in [-0.25, -0.2) is 0 Å². The molecule has 2 N–H and O–H groups in total. The minimum Gasteiger partial charge on any atom is -0.497 e. The SMILES string of the molecule is COc1ccc(OC)c(C(=O)Nc2cc(OC)c(NC(=O)c3ccccc3)cc2OC)c1. The van der Waals surface area contributed by atoms with Gasteiger partial charge in [-0.05, 0) is 30.3 Å². The number of nitrogens with one attached hydrogen (secondary N) is 2. The Hall–Kier alpha value is -4.20. The van der Waals surface area contributed by atoms with E-state index in [9.17, 15) is 9.59 Å². The van der Waals surface area contributed by atoms with Gasteiger partial charge >= 0.3 is 0 Å². The molecular formula is C24H24N2O6. The first kappa shape index (κ1) is 22.5. The molecule has 0 atom stereocenters. The van der Waals surface area contributed by atoms with Crippen molar-refractivity contribution in [2.45, 2.75) is 0 Å². The maximum atomic E-state index is 13.0. The molecule has 0 unspecified atom stereocenters. The fourth-order valence-corrected chi connectivity index (χ4v) is 3.06. The van der Waals surface area contributed by atoms with Gasteiger partial charge in [0.05, 0.1) is 45.4 Å². The van der Waals surface area contributed by atoms with E-state index in [1.54, 1.807) is 54.6 Å². The number of hydrogen-bond acceptors (Lipinski definition) is 6. The molecule has 0 aliphatic heterocycles. The van der Waals surface area contributed by atoms with Crippen molar-refractivity contribution < 1.29 is 28.5 Å². The summed E-state index contributed by atoms with van der Waals surface area (Å²) < 4.78 is 21.4. The standard InChI is InChI=1S/C24H24N2O6/c1-29-16-10-11-20(30-2)17(12-16)24(28)26-19-14-21(31-3)18(13-22(19)32-4)25-23(27)15-8-6-5-7-9-15/h5-14H,1-4H3,(H,25,27)(H,26,28). The first-order valence-electron chi connectivity index (χ1n) is 9.66. The molecule has 0 aliphatic rings. The van der Waals surface area contributed by atoms with E-state index in [2.05, 4.69) is 10.6 Å². The summed E-state index contributed by atoms with van der Waals surface area (Å²) in [6.07, 6.45) is 0. The van der Waals surface area contributed by atoms with Crippen LogP contribution >= 0.6 is 0 Å². The highest BCUT2D eigenvalue weighted by atomic mass is 16.5. The molecule has 0 bridgehead atoms. The number of hydrogen-bond donors (Lipinski definition) is 2. The van der Waals surface area contributed by atoms with Gasteiger partial charge < -0.3 is 29.6 Å². The Morgan fingerprint density at radius 1 is 0.625 bits per heavy atom. The Balaban J connectivity index is 1.91. The molecule has 0 saturated heterocycles. The zero-order valence-corrected chi connectivity index (χ0v) is 18.2. The third kappa shape index (κ3) is 4.92. The van der Waals surface area contributed by atoms with Crippen LogP contribution in [-0.2, 0) is 0 Å². The maximum absolute atomic E-state index is 13.0. The number of anilines is 2. The molecule has 0 saturated carbocycles. The Bertz CT molecular complexity index is 1110. The summed E-state index contributed by atoms with van der Waals surface area (Å²) in [5.41, 5.74) is 1.54. The predicted octanol–water partition coefficient (Wildman–Crippen LogP) is 4.23. The van der Waals surface area contributed by atoms with E-state index < -0.39 is 5.91 Å². The lowest BCUT2D eigenvalue weighted by Gasteiger charge is -2.17. The lowest BCUT2D eigenvalue weighted by atomic mass is 10.1. The number of ether oxygens (including phenoxy) is 4. The average Bonchev–Trinajstić information content (AvgIpc) is 2.84. The fourth-order valence-electron chi connectivity index (χ4n) is 3.06. The number of carbonyl (C=O) groups excluding carboxylic acids is 2. The van der Waals surface area contributed by atoms with E-state index in [1.165, 1.54) is 28.4 Å². The van der Waals surface area contributed by atoms with Gasteiger partial charge in [0, 0.05) is 17.7 Å². The molecule has 0 spiro atoms. The number of amides is 2. The minimum atomic E-state index is -0.429. The topological polar surface area (TPSA) is 95.1 Å². The van der Waals surface area contributed by atoms with Gasteiger partial charge in [0.2, 0.25) is 0 Å². The summed E-state index contributed by atoms with van der Waals surface area (Å²) >= 11 is 0. The van der Waals surface area contributed by atoms with Gasteiger partial charge in [0.25, 0.3) is 11.8 Å². The van der Waals surface area contributed by atoms with Crippen LogP contribution in [0.1, 0.15) is 20.7 Å². The van der Waals surface area contributed by atoms with Crippen molar-refractivity contribution >= 4 is 23.2 Å². The van der Waals surface area contributed by atoms with Crippen molar-refractivity contribution in [2.24, 2.45) is 0 Å². The van der Waals surface area contributed by atoms with Crippen LogP contribution in [0, 0.1) is 0 Å². The van der Waals surface area contributed by atoms with E-state index in [0.29, 0.717) is 39.9 Å². The zero-order chi connectivity index (χ0) is 23.1. The average molecular weight is 436 g/mol. The van der Waals surface area contributed by atoms with Gasteiger partial charge in [-0.3, -0.25) is 9.59 Å². The van der Waals surface area contributed by atoms with E-state index in [1.807, 2.05) is 6.07 Å². The Labute approximate surface area is 186 Å². The van der Waals surface area contributed by atoms with Crippen LogP contribution in [0.25, 0.3) is 0 Å². The van der Waals surface area contributed by atoms with Crippen molar-refractivity contribution in [3.05, 3.63) is 71.8 Å². The molecule has 0 aliphatic carbocycles. The monoisotopic (exact) mass is 436 g/mol. The quantitative estimate of drug-likeness (QED) is 0.549. The molecule has 2 amide bonds. The van der Waals surface area contributed by atoms with Crippen LogP contribution in [-0.4, -0.2) is 40.3 Å². The summed E-state index contributed by atoms with van der Waals surface area (Å²) in [7, 11) is 5.93. The molecule has 32 heavy (non-hydrogen) atoms. The molecule has 3 aromatic rings. The number of methoxy groups -OCH3 is 4. The van der Waals surface area contributed by atoms with Crippen LogP contribution in [0.2, 0.25) is 0 Å². The largest absolute Gasteiger partial charge is 0.497 e. The van der Waals surface area contributed by atoms with Gasteiger partial charge in [0.15, 0.2) is 0 Å². The van der Waals surface area contributed by atoms with Gasteiger partial charge in [-0.2, -0.15) is 0 Å². The second-order valence-electron chi connectivity index (χ2n) is 6.59. The number of benzene rings is 3. The lowest BCUT2D eigenvalue weighted by molar-refractivity contribution is 0.101. The number of carbonyl (C=O) groups is 2. The second kappa shape index (κ2) is 10.2. The molecule has 8 heteroatoms. The summed E-state index contributed by atoms with van der Waals surface area (Å²) in [5, 5.41) is 5.60. The molecule has 166 valence electrons. The third-order valence-electron chi connectivity index (χ3n) is 4.71. The van der Waals surface area contributed by atoms with Crippen LogP contribution in [0.3, 0.4) is 0 Å². The predicted molar refractivity (Wildman–Crippen MR) is 121 cm³/mol. The molecule has 3 rings (SSSR count). The van der Waals surface area contributed by atoms with Crippen molar-refractivity contribution in [3.63, 3.8) is 0 Å². The van der Waals surface area contributed by atoms with Crippen molar-refractivity contribution in [2.75, 3.05) is 39.1 Å².